The van der Waals surface area contributed by atoms with Crippen LogP contribution in [0.2, 0.25) is 0 Å². The lowest BCUT2D eigenvalue weighted by Gasteiger charge is -2.27. The highest BCUT2D eigenvalue weighted by Crippen LogP contribution is 2.28. The number of nitrogens with zero attached hydrogens (tertiary/aromatic N) is 6. The van der Waals surface area contributed by atoms with E-state index in [0.29, 0.717) is 18.7 Å². The summed E-state index contributed by atoms with van der Waals surface area (Å²) in [7, 11) is 3.83. The molecule has 0 atom stereocenters. The molecule has 0 fully saturated rings. The molecule has 0 aliphatic carbocycles. The van der Waals surface area contributed by atoms with Crippen LogP contribution in [0.15, 0.2) is 36.7 Å². The van der Waals surface area contributed by atoms with Gasteiger partial charge in [0.25, 0.3) is 5.91 Å². The number of benzene rings is 1. The van der Waals surface area contributed by atoms with E-state index < -0.39 is 0 Å². The third-order valence-corrected chi connectivity index (χ3v) is 4.47. The van der Waals surface area contributed by atoms with E-state index in [1.807, 2.05) is 58.6 Å². The maximum absolute atomic E-state index is 12.7. The van der Waals surface area contributed by atoms with E-state index in [2.05, 4.69) is 15.3 Å². The maximum atomic E-state index is 12.7. The minimum absolute atomic E-state index is 0.0500. The molecule has 7 heteroatoms. The molecular weight excluding hydrogens is 304 g/mol. The molecule has 0 saturated carbocycles. The fourth-order valence-corrected chi connectivity index (χ4v) is 3.21. The van der Waals surface area contributed by atoms with Crippen molar-refractivity contribution < 1.29 is 4.79 Å². The van der Waals surface area contributed by atoms with Crippen molar-refractivity contribution in [1.29, 1.82) is 0 Å². The molecule has 0 spiro atoms. The Bertz CT molecular complexity index is 895. The number of carbonyl (C=O) groups is 1. The Morgan fingerprint density at radius 3 is 2.67 bits per heavy atom. The predicted octanol–water partition coefficient (Wildman–Crippen LogP) is 1.41. The van der Waals surface area contributed by atoms with E-state index in [9.17, 15) is 4.79 Å². The third kappa shape index (κ3) is 2.29. The number of fused-ring (bicyclic) bond motifs is 1. The third-order valence-electron chi connectivity index (χ3n) is 4.47. The van der Waals surface area contributed by atoms with Gasteiger partial charge in [-0.1, -0.05) is 18.2 Å². The van der Waals surface area contributed by atoms with Crippen LogP contribution < -0.4 is 0 Å². The first-order valence-corrected chi connectivity index (χ1v) is 7.88. The molecule has 0 bridgehead atoms. The van der Waals surface area contributed by atoms with Crippen LogP contribution in [0.3, 0.4) is 0 Å². The zero-order valence-corrected chi connectivity index (χ0v) is 13.7. The summed E-state index contributed by atoms with van der Waals surface area (Å²) in [6, 6.07) is 9.39. The molecule has 0 unspecified atom stereocenters. The monoisotopic (exact) mass is 322 g/mol. The summed E-state index contributed by atoms with van der Waals surface area (Å²) in [6.07, 6.45) is 2.45. The van der Waals surface area contributed by atoms with Crippen molar-refractivity contribution in [2.24, 2.45) is 14.1 Å². The molecular formula is C17H18N6O. The Balaban J connectivity index is 1.70. The van der Waals surface area contributed by atoms with E-state index in [4.69, 9.17) is 0 Å². The summed E-state index contributed by atoms with van der Waals surface area (Å²) in [4.78, 5) is 14.6. The molecule has 0 radical (unpaired) electrons. The van der Waals surface area contributed by atoms with Crippen molar-refractivity contribution in [2.45, 2.75) is 13.0 Å². The molecule has 7 nitrogen and oxygen atoms in total. The Hall–Kier alpha value is -2.96. The van der Waals surface area contributed by atoms with Gasteiger partial charge >= 0.3 is 0 Å². The summed E-state index contributed by atoms with van der Waals surface area (Å²) in [5.74, 6) is 0.773. The van der Waals surface area contributed by atoms with Crippen molar-refractivity contribution in [2.75, 3.05) is 6.54 Å². The van der Waals surface area contributed by atoms with E-state index >= 15 is 0 Å². The molecule has 1 amide bonds. The van der Waals surface area contributed by atoms with Gasteiger partial charge in [0.1, 0.15) is 12.0 Å². The summed E-state index contributed by atoms with van der Waals surface area (Å²) < 4.78 is 3.74. The number of hydrogen-bond acceptors (Lipinski definition) is 4. The molecule has 2 aromatic heterocycles. The van der Waals surface area contributed by atoms with E-state index in [1.165, 1.54) is 0 Å². The number of hydrogen-bond donors (Lipinski definition) is 0. The lowest BCUT2D eigenvalue weighted by molar-refractivity contribution is 0.0733. The highest BCUT2D eigenvalue weighted by molar-refractivity contribution is 5.94. The predicted molar refractivity (Wildman–Crippen MR) is 88.1 cm³/mol. The first kappa shape index (κ1) is 14.6. The van der Waals surface area contributed by atoms with Gasteiger partial charge in [0.05, 0.1) is 6.54 Å². The molecule has 0 saturated heterocycles. The van der Waals surface area contributed by atoms with Crippen LogP contribution in [0.4, 0.5) is 0 Å². The van der Waals surface area contributed by atoms with Crippen LogP contribution >= 0.6 is 0 Å². The van der Waals surface area contributed by atoms with Gasteiger partial charge in [-0.05, 0) is 12.1 Å². The van der Waals surface area contributed by atoms with Crippen molar-refractivity contribution in [1.82, 2.24) is 29.4 Å². The molecule has 122 valence electrons. The van der Waals surface area contributed by atoms with Gasteiger partial charge < -0.3 is 9.47 Å². The Labute approximate surface area is 139 Å². The first-order valence-electron chi connectivity index (χ1n) is 7.88. The van der Waals surface area contributed by atoms with Crippen LogP contribution in [0, 0.1) is 0 Å². The number of amides is 1. The largest absolute Gasteiger partial charge is 0.334 e. The molecule has 3 heterocycles. The minimum atomic E-state index is 0.0500. The van der Waals surface area contributed by atoms with Gasteiger partial charge in [-0.2, -0.15) is 5.10 Å². The SMILES string of the molecule is Cn1cnnc1-c1nn(C)c2c1CN(C(=O)c1ccccc1)CC2. The maximum Gasteiger partial charge on any atom is 0.254 e. The summed E-state index contributed by atoms with van der Waals surface area (Å²) in [5.41, 5.74) is 3.73. The zero-order valence-electron chi connectivity index (χ0n) is 13.7. The quantitative estimate of drug-likeness (QED) is 0.715. The Morgan fingerprint density at radius 2 is 1.96 bits per heavy atom. The van der Waals surface area contributed by atoms with E-state index in [1.54, 1.807) is 6.33 Å². The summed E-state index contributed by atoms with van der Waals surface area (Å²) in [5, 5.41) is 12.7. The highest BCUT2D eigenvalue weighted by Gasteiger charge is 2.29. The van der Waals surface area contributed by atoms with Crippen LogP contribution in [0.25, 0.3) is 11.5 Å². The van der Waals surface area contributed by atoms with Gasteiger partial charge in [-0.3, -0.25) is 9.48 Å². The second-order valence-electron chi connectivity index (χ2n) is 6.01. The smallest absolute Gasteiger partial charge is 0.254 e. The van der Waals surface area contributed by atoms with Crippen LogP contribution in [-0.2, 0) is 27.1 Å². The van der Waals surface area contributed by atoms with Crippen molar-refractivity contribution in [3.8, 4) is 11.5 Å². The minimum Gasteiger partial charge on any atom is -0.334 e. The van der Waals surface area contributed by atoms with E-state index in [-0.39, 0.29) is 5.91 Å². The Kier molecular flexibility index (Phi) is 3.41. The molecule has 0 N–H and O–H groups in total. The highest BCUT2D eigenvalue weighted by atomic mass is 16.2. The molecule has 4 rings (SSSR count). The summed E-state index contributed by atoms with van der Waals surface area (Å²) >= 11 is 0. The van der Waals surface area contributed by atoms with Crippen LogP contribution in [0.5, 0.6) is 0 Å². The topological polar surface area (TPSA) is 68.8 Å². The number of aromatic nitrogens is 5. The molecule has 1 aliphatic heterocycles. The number of aryl methyl sites for hydroxylation is 2. The lowest BCUT2D eigenvalue weighted by atomic mass is 10.0. The second-order valence-corrected chi connectivity index (χ2v) is 6.01. The zero-order chi connectivity index (χ0) is 16.7. The van der Waals surface area contributed by atoms with Gasteiger partial charge in [0.15, 0.2) is 5.82 Å². The standard InChI is InChI=1S/C17H18N6O/c1-21-11-18-19-16(21)15-13-10-23(9-8-14(13)22(2)20-15)17(24)12-6-4-3-5-7-12/h3-7,11H,8-10H2,1-2H3. The van der Waals surface area contributed by atoms with Crippen molar-refractivity contribution in [3.63, 3.8) is 0 Å². The number of carbonyl (C=O) groups excluding carboxylic acids is 1. The molecule has 24 heavy (non-hydrogen) atoms. The lowest BCUT2D eigenvalue weighted by Crippen LogP contribution is -2.36. The normalized spacial score (nSPS) is 13.8. The second kappa shape index (κ2) is 5.59. The fraction of sp³-hybridized carbons (Fsp3) is 0.294. The fourth-order valence-electron chi connectivity index (χ4n) is 3.21. The van der Waals surface area contributed by atoms with Gasteiger partial charge in [0, 0.05) is 43.9 Å². The van der Waals surface area contributed by atoms with Gasteiger partial charge in [-0.15, -0.1) is 10.2 Å². The van der Waals surface area contributed by atoms with Crippen LogP contribution in [-0.4, -0.2) is 41.9 Å². The Morgan fingerprint density at radius 1 is 1.17 bits per heavy atom. The molecule has 3 aromatic rings. The van der Waals surface area contributed by atoms with Gasteiger partial charge in [0.2, 0.25) is 0 Å². The van der Waals surface area contributed by atoms with Gasteiger partial charge in [-0.25, -0.2) is 0 Å². The number of rotatable bonds is 2. The van der Waals surface area contributed by atoms with E-state index in [0.717, 1.165) is 29.2 Å². The average molecular weight is 322 g/mol. The van der Waals surface area contributed by atoms with Crippen LogP contribution in [0.1, 0.15) is 21.6 Å². The summed E-state index contributed by atoms with van der Waals surface area (Å²) in [6.45, 7) is 1.23. The van der Waals surface area contributed by atoms with Crippen molar-refractivity contribution >= 4 is 5.91 Å². The average Bonchev–Trinajstić information content (AvgIpc) is 3.18. The first-order chi connectivity index (χ1) is 11.6. The molecule has 1 aliphatic rings. The molecule has 1 aromatic carbocycles. The van der Waals surface area contributed by atoms with Crippen molar-refractivity contribution in [3.05, 3.63) is 53.5 Å².